The van der Waals surface area contributed by atoms with Crippen LogP contribution in [-0.4, -0.2) is 23.5 Å². The van der Waals surface area contributed by atoms with Crippen LogP contribution >= 0.6 is 23.4 Å². The third-order valence-corrected chi connectivity index (χ3v) is 4.66. The van der Waals surface area contributed by atoms with Crippen molar-refractivity contribution in [2.45, 2.75) is 30.9 Å². The smallest absolute Gasteiger partial charge is 0.237 e. The number of thioether (sulfide) groups is 1. The average molecular weight is 300 g/mol. The predicted octanol–water partition coefficient (Wildman–Crippen LogP) is 3.66. The molecule has 0 radical (unpaired) electrons. The lowest BCUT2D eigenvalue weighted by Crippen LogP contribution is -2.22. The zero-order chi connectivity index (χ0) is 13.7. The molecule has 0 aliphatic carbocycles. The van der Waals surface area contributed by atoms with E-state index in [2.05, 4.69) is 5.32 Å². The minimum absolute atomic E-state index is 0.0889. The number of hydrogen-bond donors (Lipinski definition) is 1. The summed E-state index contributed by atoms with van der Waals surface area (Å²) < 4.78 is 5.49. The maximum absolute atomic E-state index is 12.0. The molecule has 2 rings (SSSR count). The number of hydrogen-bond acceptors (Lipinski definition) is 3. The highest BCUT2D eigenvalue weighted by atomic mass is 35.5. The van der Waals surface area contributed by atoms with E-state index in [-0.39, 0.29) is 11.2 Å². The summed E-state index contributed by atoms with van der Waals surface area (Å²) in [5, 5.41) is 3.04. The highest BCUT2D eigenvalue weighted by molar-refractivity contribution is 8.00. The standard InChI is InChI=1S/C14H18ClNO2S/c1-2-18-12-6-5-11(8-10(12)9-15)16-14(17)13-4-3-7-19-13/h5-6,8,13H,2-4,7,9H2,1H3,(H,16,17). The van der Waals surface area contributed by atoms with Gasteiger partial charge in [0.25, 0.3) is 0 Å². The Kier molecular flexibility index (Phi) is 5.40. The Hall–Kier alpha value is -0.870. The fourth-order valence-electron chi connectivity index (χ4n) is 2.07. The monoisotopic (exact) mass is 299 g/mol. The van der Waals surface area contributed by atoms with Crippen LogP contribution < -0.4 is 10.1 Å². The molecule has 104 valence electrons. The van der Waals surface area contributed by atoms with E-state index in [9.17, 15) is 4.79 Å². The van der Waals surface area contributed by atoms with Crippen LogP contribution in [0.3, 0.4) is 0 Å². The van der Waals surface area contributed by atoms with Gasteiger partial charge in [-0.05, 0) is 43.7 Å². The van der Waals surface area contributed by atoms with Crippen LogP contribution in [0.25, 0.3) is 0 Å². The molecule has 19 heavy (non-hydrogen) atoms. The first-order valence-corrected chi connectivity index (χ1v) is 8.07. The number of nitrogens with one attached hydrogen (secondary N) is 1. The van der Waals surface area contributed by atoms with E-state index in [1.54, 1.807) is 11.8 Å². The van der Waals surface area contributed by atoms with Gasteiger partial charge in [-0.2, -0.15) is 0 Å². The van der Waals surface area contributed by atoms with Crippen LogP contribution in [0.2, 0.25) is 0 Å². The van der Waals surface area contributed by atoms with Crippen molar-refractivity contribution < 1.29 is 9.53 Å². The second-order valence-electron chi connectivity index (χ2n) is 4.38. The molecule has 0 saturated carbocycles. The number of rotatable bonds is 5. The summed E-state index contributed by atoms with van der Waals surface area (Å²) in [5.41, 5.74) is 1.69. The molecule has 1 amide bonds. The third kappa shape index (κ3) is 3.80. The van der Waals surface area contributed by atoms with Crippen LogP contribution in [-0.2, 0) is 10.7 Å². The van der Waals surface area contributed by atoms with Gasteiger partial charge >= 0.3 is 0 Å². The zero-order valence-electron chi connectivity index (χ0n) is 10.9. The molecule has 0 spiro atoms. The molecule has 3 nitrogen and oxygen atoms in total. The van der Waals surface area contributed by atoms with Gasteiger partial charge in [0, 0.05) is 11.3 Å². The molecule has 1 fully saturated rings. The quantitative estimate of drug-likeness (QED) is 0.843. The number of benzene rings is 1. The zero-order valence-corrected chi connectivity index (χ0v) is 12.5. The van der Waals surface area contributed by atoms with Crippen molar-refractivity contribution in [3.05, 3.63) is 23.8 Å². The van der Waals surface area contributed by atoms with E-state index in [0.29, 0.717) is 12.5 Å². The van der Waals surface area contributed by atoms with Crippen molar-refractivity contribution in [3.63, 3.8) is 0 Å². The summed E-state index contributed by atoms with van der Waals surface area (Å²) in [6.45, 7) is 2.54. The van der Waals surface area contributed by atoms with Crippen molar-refractivity contribution in [3.8, 4) is 5.75 Å². The fraction of sp³-hybridized carbons (Fsp3) is 0.500. The summed E-state index contributed by atoms with van der Waals surface area (Å²) in [5.74, 6) is 2.32. The number of alkyl halides is 1. The first-order valence-electron chi connectivity index (χ1n) is 6.48. The van der Waals surface area contributed by atoms with Gasteiger partial charge in [0.15, 0.2) is 0 Å². The lowest BCUT2D eigenvalue weighted by molar-refractivity contribution is -0.115. The molecular formula is C14H18ClNO2S. The summed E-state index contributed by atoms with van der Waals surface area (Å²) >= 11 is 7.63. The molecule has 1 atom stereocenters. The fourth-order valence-corrected chi connectivity index (χ4v) is 3.44. The SMILES string of the molecule is CCOc1ccc(NC(=O)C2CCCS2)cc1CCl. The van der Waals surface area contributed by atoms with Crippen molar-refractivity contribution in [1.29, 1.82) is 0 Å². The van der Waals surface area contributed by atoms with Crippen LogP contribution in [0.4, 0.5) is 5.69 Å². The normalized spacial score (nSPS) is 18.3. The number of amides is 1. The van der Waals surface area contributed by atoms with E-state index in [4.69, 9.17) is 16.3 Å². The van der Waals surface area contributed by atoms with E-state index >= 15 is 0 Å². The number of halogens is 1. The van der Waals surface area contributed by atoms with Gasteiger partial charge in [-0.1, -0.05) is 0 Å². The maximum Gasteiger partial charge on any atom is 0.237 e. The molecule has 0 bridgehead atoms. The Morgan fingerprint density at radius 2 is 2.42 bits per heavy atom. The Morgan fingerprint density at radius 1 is 1.58 bits per heavy atom. The van der Waals surface area contributed by atoms with Crippen LogP contribution in [0.15, 0.2) is 18.2 Å². The molecule has 1 aromatic carbocycles. The maximum atomic E-state index is 12.0. The molecule has 0 aromatic heterocycles. The minimum Gasteiger partial charge on any atom is -0.494 e. The molecule has 1 heterocycles. The molecule has 1 unspecified atom stereocenters. The van der Waals surface area contributed by atoms with Crippen LogP contribution in [0.5, 0.6) is 5.75 Å². The molecule has 1 N–H and O–H groups in total. The first-order chi connectivity index (χ1) is 9.24. The lowest BCUT2D eigenvalue weighted by Gasteiger charge is -2.13. The van der Waals surface area contributed by atoms with Crippen LogP contribution in [0.1, 0.15) is 25.3 Å². The average Bonchev–Trinajstić information content (AvgIpc) is 2.94. The minimum atomic E-state index is 0.0889. The highest BCUT2D eigenvalue weighted by Crippen LogP contribution is 2.29. The number of carbonyl (C=O) groups excluding carboxylic acids is 1. The first kappa shape index (κ1) is 14.5. The van der Waals surface area contributed by atoms with E-state index in [1.807, 2.05) is 25.1 Å². The van der Waals surface area contributed by atoms with E-state index in [0.717, 1.165) is 35.6 Å². The van der Waals surface area contributed by atoms with Crippen molar-refractivity contribution in [2.75, 3.05) is 17.7 Å². The molecule has 1 aliphatic heterocycles. The second kappa shape index (κ2) is 7.06. The number of carbonyl (C=O) groups is 1. The summed E-state index contributed by atoms with van der Waals surface area (Å²) in [4.78, 5) is 12.0. The number of anilines is 1. The van der Waals surface area contributed by atoms with Gasteiger partial charge < -0.3 is 10.1 Å². The Labute approximate surface area is 123 Å². The molecule has 1 aromatic rings. The Balaban J connectivity index is 2.05. The summed E-state index contributed by atoms with van der Waals surface area (Å²) in [7, 11) is 0. The molecule has 1 aliphatic rings. The Morgan fingerprint density at radius 3 is 3.05 bits per heavy atom. The van der Waals surface area contributed by atoms with Crippen molar-refractivity contribution in [2.24, 2.45) is 0 Å². The van der Waals surface area contributed by atoms with E-state index in [1.165, 1.54) is 0 Å². The number of ether oxygens (including phenoxy) is 1. The van der Waals surface area contributed by atoms with Crippen LogP contribution in [0, 0.1) is 0 Å². The highest BCUT2D eigenvalue weighted by Gasteiger charge is 2.23. The van der Waals surface area contributed by atoms with Gasteiger partial charge in [0.2, 0.25) is 5.91 Å². The Bertz CT molecular complexity index is 447. The predicted molar refractivity (Wildman–Crippen MR) is 81.3 cm³/mol. The molecule has 1 saturated heterocycles. The largest absolute Gasteiger partial charge is 0.494 e. The van der Waals surface area contributed by atoms with E-state index < -0.39 is 0 Å². The van der Waals surface area contributed by atoms with Gasteiger partial charge in [-0.15, -0.1) is 23.4 Å². The third-order valence-electron chi connectivity index (χ3n) is 2.99. The topological polar surface area (TPSA) is 38.3 Å². The summed E-state index contributed by atoms with van der Waals surface area (Å²) in [6.07, 6.45) is 2.09. The van der Waals surface area contributed by atoms with Crippen molar-refractivity contribution in [1.82, 2.24) is 0 Å². The van der Waals surface area contributed by atoms with Gasteiger partial charge in [0.1, 0.15) is 5.75 Å². The van der Waals surface area contributed by atoms with Gasteiger partial charge in [-0.25, -0.2) is 0 Å². The molecular weight excluding hydrogens is 282 g/mol. The molecule has 5 heteroatoms. The lowest BCUT2D eigenvalue weighted by atomic mass is 10.2. The van der Waals surface area contributed by atoms with Gasteiger partial charge in [0.05, 0.1) is 17.7 Å². The summed E-state index contributed by atoms with van der Waals surface area (Å²) in [6, 6.07) is 5.60. The van der Waals surface area contributed by atoms with Gasteiger partial charge in [-0.3, -0.25) is 4.79 Å². The van der Waals surface area contributed by atoms with Crippen molar-refractivity contribution >= 4 is 35.0 Å². The second-order valence-corrected chi connectivity index (χ2v) is 5.96.